The van der Waals surface area contributed by atoms with Crippen molar-refractivity contribution in [3.8, 4) is 0 Å². The minimum Gasteiger partial charge on any atom is -0.379 e. The van der Waals surface area contributed by atoms with Gasteiger partial charge in [0.2, 0.25) is 0 Å². The van der Waals surface area contributed by atoms with Gasteiger partial charge in [-0.25, -0.2) is 4.39 Å². The normalized spacial score (nSPS) is 10.7. The molecule has 0 radical (unpaired) electrons. The molecule has 0 spiro atoms. The van der Waals surface area contributed by atoms with E-state index in [1.165, 1.54) is 12.1 Å². The predicted octanol–water partition coefficient (Wildman–Crippen LogP) is 3.87. The third-order valence-corrected chi connectivity index (χ3v) is 3.43. The molecule has 5 heteroatoms. The molecule has 1 aromatic heterocycles. The molecule has 0 unspecified atom stereocenters. The average Bonchev–Trinajstić information content (AvgIpc) is 2.74. The standard InChI is InChI=1S/C14H17ClFN3/c1-3-12-14(15)13(19(4-2)18-12)9-17-11-7-5-10(16)6-8-11/h5-8,17H,3-4,9H2,1-2H3. The maximum absolute atomic E-state index is 12.8. The monoisotopic (exact) mass is 281 g/mol. The molecule has 0 aliphatic rings. The fourth-order valence-electron chi connectivity index (χ4n) is 1.94. The number of nitrogens with zero attached hydrogens (tertiary/aromatic N) is 2. The van der Waals surface area contributed by atoms with E-state index < -0.39 is 0 Å². The number of aryl methyl sites for hydroxylation is 2. The Labute approximate surface area is 117 Å². The number of hydrogen-bond donors (Lipinski definition) is 1. The van der Waals surface area contributed by atoms with E-state index in [1.807, 2.05) is 18.5 Å². The molecule has 0 fully saturated rings. The molecule has 3 nitrogen and oxygen atoms in total. The Balaban J connectivity index is 2.14. The van der Waals surface area contributed by atoms with Crippen molar-refractivity contribution >= 4 is 17.3 Å². The van der Waals surface area contributed by atoms with Crippen LogP contribution in [-0.2, 0) is 19.5 Å². The van der Waals surface area contributed by atoms with Gasteiger partial charge in [-0.1, -0.05) is 18.5 Å². The molecule has 0 atom stereocenters. The minimum atomic E-state index is -0.240. The summed E-state index contributed by atoms with van der Waals surface area (Å²) in [6, 6.07) is 6.27. The molecular formula is C14H17ClFN3. The lowest BCUT2D eigenvalue weighted by molar-refractivity contribution is 0.619. The quantitative estimate of drug-likeness (QED) is 0.902. The fraction of sp³-hybridized carbons (Fsp3) is 0.357. The van der Waals surface area contributed by atoms with Crippen LogP contribution in [0.2, 0.25) is 5.02 Å². The van der Waals surface area contributed by atoms with E-state index in [0.717, 1.165) is 35.1 Å². The van der Waals surface area contributed by atoms with Gasteiger partial charge in [0.1, 0.15) is 5.82 Å². The topological polar surface area (TPSA) is 29.9 Å². The van der Waals surface area contributed by atoms with E-state index >= 15 is 0 Å². The van der Waals surface area contributed by atoms with Crippen LogP contribution in [0.3, 0.4) is 0 Å². The van der Waals surface area contributed by atoms with E-state index in [4.69, 9.17) is 11.6 Å². The zero-order valence-electron chi connectivity index (χ0n) is 11.1. The summed E-state index contributed by atoms with van der Waals surface area (Å²) in [4.78, 5) is 0. The first-order valence-electron chi connectivity index (χ1n) is 6.39. The highest BCUT2D eigenvalue weighted by atomic mass is 35.5. The van der Waals surface area contributed by atoms with Gasteiger partial charge in [0, 0.05) is 12.2 Å². The Morgan fingerprint density at radius 2 is 1.95 bits per heavy atom. The molecule has 19 heavy (non-hydrogen) atoms. The first-order valence-corrected chi connectivity index (χ1v) is 6.77. The second kappa shape index (κ2) is 6.06. The summed E-state index contributed by atoms with van der Waals surface area (Å²) < 4.78 is 14.7. The molecule has 0 saturated carbocycles. The van der Waals surface area contributed by atoms with E-state index in [1.54, 1.807) is 12.1 Å². The predicted molar refractivity (Wildman–Crippen MR) is 76.0 cm³/mol. The lowest BCUT2D eigenvalue weighted by atomic mass is 10.2. The largest absolute Gasteiger partial charge is 0.379 e. The van der Waals surface area contributed by atoms with Gasteiger partial charge < -0.3 is 5.32 Å². The number of aromatic nitrogens is 2. The molecular weight excluding hydrogens is 265 g/mol. The van der Waals surface area contributed by atoms with Crippen molar-refractivity contribution in [3.63, 3.8) is 0 Å². The third kappa shape index (κ3) is 3.07. The Hall–Kier alpha value is -1.55. The zero-order valence-corrected chi connectivity index (χ0v) is 11.8. The maximum Gasteiger partial charge on any atom is 0.123 e. The highest BCUT2D eigenvalue weighted by Crippen LogP contribution is 2.22. The number of halogens is 2. The summed E-state index contributed by atoms with van der Waals surface area (Å²) in [7, 11) is 0. The summed E-state index contributed by atoms with van der Waals surface area (Å²) >= 11 is 6.32. The fourth-order valence-corrected chi connectivity index (χ4v) is 2.28. The Bertz CT molecular complexity index is 549. The minimum absolute atomic E-state index is 0.240. The molecule has 0 aliphatic carbocycles. The maximum atomic E-state index is 12.8. The van der Waals surface area contributed by atoms with E-state index in [9.17, 15) is 4.39 Å². The molecule has 1 N–H and O–H groups in total. The van der Waals surface area contributed by atoms with Crippen LogP contribution in [0.25, 0.3) is 0 Å². The lowest BCUT2D eigenvalue weighted by Crippen LogP contribution is -2.08. The van der Waals surface area contributed by atoms with E-state index in [2.05, 4.69) is 10.4 Å². The smallest absolute Gasteiger partial charge is 0.123 e. The number of nitrogens with one attached hydrogen (secondary N) is 1. The van der Waals surface area contributed by atoms with Crippen molar-refractivity contribution in [2.24, 2.45) is 0 Å². The van der Waals surface area contributed by atoms with Crippen LogP contribution in [0.15, 0.2) is 24.3 Å². The van der Waals surface area contributed by atoms with Gasteiger partial charge in [0.25, 0.3) is 0 Å². The van der Waals surface area contributed by atoms with Crippen LogP contribution in [0.1, 0.15) is 25.2 Å². The molecule has 1 heterocycles. The van der Waals surface area contributed by atoms with Crippen molar-refractivity contribution in [1.29, 1.82) is 0 Å². The Morgan fingerprint density at radius 3 is 2.53 bits per heavy atom. The third-order valence-electron chi connectivity index (χ3n) is 3.00. The summed E-state index contributed by atoms with van der Waals surface area (Å²) in [5.74, 6) is -0.240. The van der Waals surface area contributed by atoms with E-state index in [-0.39, 0.29) is 5.82 Å². The molecule has 0 amide bonds. The molecule has 0 saturated heterocycles. The van der Waals surface area contributed by atoms with Crippen LogP contribution < -0.4 is 5.32 Å². The van der Waals surface area contributed by atoms with Crippen molar-refractivity contribution in [3.05, 3.63) is 46.5 Å². The van der Waals surface area contributed by atoms with Crippen molar-refractivity contribution < 1.29 is 4.39 Å². The Kier molecular flexibility index (Phi) is 4.43. The molecule has 2 aromatic rings. The summed E-state index contributed by atoms with van der Waals surface area (Å²) in [6.45, 7) is 5.42. The highest BCUT2D eigenvalue weighted by Gasteiger charge is 2.13. The zero-order chi connectivity index (χ0) is 13.8. The first-order chi connectivity index (χ1) is 9.15. The summed E-state index contributed by atoms with van der Waals surface area (Å²) in [6.07, 6.45) is 0.815. The van der Waals surface area contributed by atoms with E-state index in [0.29, 0.717) is 6.54 Å². The summed E-state index contributed by atoms with van der Waals surface area (Å²) in [5.41, 5.74) is 2.74. The van der Waals surface area contributed by atoms with Gasteiger partial charge in [-0.2, -0.15) is 5.10 Å². The molecule has 0 bridgehead atoms. The van der Waals surface area contributed by atoms with Crippen molar-refractivity contribution in [2.75, 3.05) is 5.32 Å². The van der Waals surface area contributed by atoms with Gasteiger partial charge in [-0.05, 0) is 37.6 Å². The van der Waals surface area contributed by atoms with Gasteiger partial charge in [0.15, 0.2) is 0 Å². The second-order valence-electron chi connectivity index (χ2n) is 4.24. The van der Waals surface area contributed by atoms with Gasteiger partial charge in [-0.3, -0.25) is 4.68 Å². The van der Waals surface area contributed by atoms with Gasteiger partial charge >= 0.3 is 0 Å². The number of rotatable bonds is 5. The van der Waals surface area contributed by atoms with Crippen molar-refractivity contribution in [2.45, 2.75) is 33.4 Å². The molecule has 1 aromatic carbocycles. The number of anilines is 1. The average molecular weight is 282 g/mol. The lowest BCUT2D eigenvalue weighted by Gasteiger charge is -2.08. The van der Waals surface area contributed by atoms with Crippen LogP contribution in [0.4, 0.5) is 10.1 Å². The van der Waals surface area contributed by atoms with Crippen molar-refractivity contribution in [1.82, 2.24) is 9.78 Å². The van der Waals surface area contributed by atoms with Crippen LogP contribution in [0, 0.1) is 5.82 Å². The highest BCUT2D eigenvalue weighted by molar-refractivity contribution is 6.31. The van der Waals surface area contributed by atoms with Crippen LogP contribution in [-0.4, -0.2) is 9.78 Å². The second-order valence-corrected chi connectivity index (χ2v) is 4.62. The number of benzene rings is 1. The van der Waals surface area contributed by atoms with Crippen LogP contribution in [0.5, 0.6) is 0 Å². The summed E-state index contributed by atoms with van der Waals surface area (Å²) in [5, 5.41) is 8.41. The molecule has 0 aliphatic heterocycles. The molecule has 2 rings (SSSR count). The SMILES string of the molecule is CCc1nn(CC)c(CNc2ccc(F)cc2)c1Cl. The first kappa shape index (κ1) is 13.9. The molecule has 102 valence electrons. The van der Waals surface area contributed by atoms with Gasteiger partial charge in [0.05, 0.1) is 23.0 Å². The van der Waals surface area contributed by atoms with Gasteiger partial charge in [-0.15, -0.1) is 0 Å². The van der Waals surface area contributed by atoms with Crippen LogP contribution >= 0.6 is 11.6 Å². The Morgan fingerprint density at radius 1 is 1.26 bits per heavy atom. The number of hydrogen-bond acceptors (Lipinski definition) is 2.